The number of allylic oxidation sites excluding steroid dienone is 1. The summed E-state index contributed by atoms with van der Waals surface area (Å²) in [6.45, 7) is 2.79. The van der Waals surface area contributed by atoms with Gasteiger partial charge in [0, 0.05) is 18.0 Å². The lowest BCUT2D eigenvalue weighted by atomic mass is 9.93. The number of amidine groups is 1. The van der Waals surface area contributed by atoms with Gasteiger partial charge in [-0.3, -0.25) is 4.79 Å². The zero-order chi connectivity index (χ0) is 23.4. The van der Waals surface area contributed by atoms with E-state index in [-0.39, 0.29) is 17.9 Å². The summed E-state index contributed by atoms with van der Waals surface area (Å²) in [6, 6.07) is 14.4. The van der Waals surface area contributed by atoms with Gasteiger partial charge in [0.2, 0.25) is 0 Å². The lowest BCUT2D eigenvalue weighted by Gasteiger charge is -2.40. The lowest BCUT2D eigenvalue weighted by molar-refractivity contribution is -0.137. The molecule has 1 saturated heterocycles. The minimum atomic E-state index is -0.376. The number of carbonyl (C=O) groups excluding carboxylic acids is 2. The monoisotopic (exact) mass is 465 g/mol. The van der Waals surface area contributed by atoms with Crippen molar-refractivity contribution < 1.29 is 19.1 Å². The van der Waals surface area contributed by atoms with Gasteiger partial charge >= 0.3 is 5.97 Å². The molecule has 2 heterocycles. The van der Waals surface area contributed by atoms with Crippen LogP contribution in [0.1, 0.15) is 41.7 Å². The molecule has 0 aromatic heterocycles. The van der Waals surface area contributed by atoms with Crippen LogP contribution >= 0.6 is 11.8 Å². The van der Waals surface area contributed by atoms with Crippen molar-refractivity contribution in [2.75, 3.05) is 31.8 Å². The first-order chi connectivity index (χ1) is 16.1. The average molecular weight is 466 g/mol. The second-order valence-electron chi connectivity index (χ2n) is 7.68. The van der Waals surface area contributed by atoms with Crippen LogP contribution in [0.3, 0.4) is 0 Å². The third kappa shape index (κ3) is 4.61. The Morgan fingerprint density at radius 1 is 1.18 bits per heavy atom. The molecule has 7 nitrogen and oxygen atoms in total. The van der Waals surface area contributed by atoms with Crippen LogP contribution in [0, 0.1) is 0 Å². The molecule has 2 aliphatic rings. The molecule has 1 amide bonds. The average Bonchev–Trinajstić information content (AvgIpc) is 2.87. The van der Waals surface area contributed by atoms with Crippen LogP contribution in [0.5, 0.6) is 5.75 Å². The Hall–Kier alpha value is -3.26. The zero-order valence-corrected chi connectivity index (χ0v) is 19.8. The maximum atomic E-state index is 12.9. The van der Waals surface area contributed by atoms with Gasteiger partial charge in [0.15, 0.2) is 5.17 Å². The smallest absolute Gasteiger partial charge is 0.338 e. The molecule has 2 aromatic rings. The molecule has 1 N–H and O–H groups in total. The summed E-state index contributed by atoms with van der Waals surface area (Å²) in [5, 5.41) is 3.89. The van der Waals surface area contributed by atoms with Gasteiger partial charge < -0.3 is 19.7 Å². The highest BCUT2D eigenvalue weighted by atomic mass is 32.2. The number of thioether (sulfide) groups is 1. The van der Waals surface area contributed by atoms with Gasteiger partial charge in [0.05, 0.1) is 37.1 Å². The summed E-state index contributed by atoms with van der Waals surface area (Å²) < 4.78 is 10.5. The number of benzene rings is 2. The third-order valence-electron chi connectivity index (χ3n) is 5.70. The van der Waals surface area contributed by atoms with Crippen LogP contribution in [0.4, 0.5) is 5.69 Å². The maximum Gasteiger partial charge on any atom is 0.338 e. The van der Waals surface area contributed by atoms with Crippen molar-refractivity contribution in [3.63, 3.8) is 0 Å². The number of carbonyl (C=O) groups is 2. The number of nitrogens with one attached hydrogen (secondary N) is 1. The molecule has 4 rings (SSSR count). The minimum Gasteiger partial charge on any atom is -0.496 e. The Bertz CT molecular complexity index is 1130. The van der Waals surface area contributed by atoms with E-state index in [2.05, 4.69) is 10.2 Å². The van der Waals surface area contributed by atoms with Crippen LogP contribution in [-0.2, 0) is 9.53 Å². The Labute approximate surface area is 197 Å². The van der Waals surface area contributed by atoms with E-state index in [0.717, 1.165) is 35.1 Å². The number of anilines is 1. The Morgan fingerprint density at radius 3 is 2.76 bits per heavy atom. The number of fused-ring (bicyclic) bond motifs is 1. The molecular formula is C25H27N3O4S. The zero-order valence-electron chi connectivity index (χ0n) is 19.0. The second kappa shape index (κ2) is 10.1. The van der Waals surface area contributed by atoms with Gasteiger partial charge in [-0.1, -0.05) is 43.0 Å². The molecule has 0 saturated carbocycles. The summed E-state index contributed by atoms with van der Waals surface area (Å²) in [5.41, 5.74) is 3.29. The molecule has 2 aromatic carbocycles. The van der Waals surface area contributed by atoms with Gasteiger partial charge in [-0.05, 0) is 42.7 Å². The van der Waals surface area contributed by atoms with E-state index >= 15 is 0 Å². The summed E-state index contributed by atoms with van der Waals surface area (Å²) >= 11 is 1.71. The lowest BCUT2D eigenvalue weighted by Crippen LogP contribution is -2.42. The fraction of sp³-hybridized carbons (Fsp3) is 0.320. The van der Waals surface area contributed by atoms with Crippen molar-refractivity contribution in [2.24, 2.45) is 4.99 Å². The van der Waals surface area contributed by atoms with E-state index in [4.69, 9.17) is 14.5 Å². The van der Waals surface area contributed by atoms with Gasteiger partial charge in [0.1, 0.15) is 5.75 Å². The number of amides is 1. The van der Waals surface area contributed by atoms with Gasteiger partial charge in [-0.2, -0.15) is 0 Å². The van der Waals surface area contributed by atoms with E-state index in [1.54, 1.807) is 30.0 Å². The molecule has 0 spiro atoms. The number of hydrogen-bond donors (Lipinski definition) is 1. The summed E-state index contributed by atoms with van der Waals surface area (Å²) in [6.07, 6.45) is 1.63. The van der Waals surface area contributed by atoms with Crippen LogP contribution in [-0.4, -0.2) is 48.5 Å². The molecule has 2 aliphatic heterocycles. The number of rotatable bonds is 6. The molecule has 0 unspecified atom stereocenters. The summed E-state index contributed by atoms with van der Waals surface area (Å²) in [5.74, 6) is 0.871. The first-order valence-electron chi connectivity index (χ1n) is 10.9. The minimum absolute atomic E-state index is 0.262. The first kappa shape index (κ1) is 22.9. The molecule has 33 heavy (non-hydrogen) atoms. The molecular weight excluding hydrogens is 438 g/mol. The van der Waals surface area contributed by atoms with E-state index in [1.807, 2.05) is 37.3 Å². The molecule has 0 radical (unpaired) electrons. The van der Waals surface area contributed by atoms with Crippen molar-refractivity contribution >= 4 is 34.5 Å². The molecule has 0 aliphatic carbocycles. The number of esters is 1. The Balaban J connectivity index is 1.71. The predicted molar refractivity (Wildman–Crippen MR) is 131 cm³/mol. The molecule has 1 atom stereocenters. The molecule has 1 fully saturated rings. The van der Waals surface area contributed by atoms with Crippen LogP contribution < -0.4 is 10.1 Å². The fourth-order valence-corrected chi connectivity index (χ4v) is 5.17. The van der Waals surface area contributed by atoms with Crippen molar-refractivity contribution in [2.45, 2.75) is 25.8 Å². The second-order valence-corrected chi connectivity index (χ2v) is 8.74. The summed E-state index contributed by atoms with van der Waals surface area (Å²) in [7, 11) is 2.94. The molecule has 8 heteroatoms. The SMILES string of the molecule is CCC1=C(C(=O)OC)[C@H](c2cccc(NC(=O)c3ccccc3OC)c2)N2CCCSC2=N1. The van der Waals surface area contributed by atoms with E-state index < -0.39 is 0 Å². The van der Waals surface area contributed by atoms with Crippen LogP contribution in [0.2, 0.25) is 0 Å². The van der Waals surface area contributed by atoms with Crippen molar-refractivity contribution in [3.05, 3.63) is 70.9 Å². The van der Waals surface area contributed by atoms with Crippen molar-refractivity contribution in [1.29, 1.82) is 0 Å². The predicted octanol–water partition coefficient (Wildman–Crippen LogP) is 4.63. The number of para-hydroxylation sites is 1. The highest BCUT2D eigenvalue weighted by molar-refractivity contribution is 8.13. The van der Waals surface area contributed by atoms with E-state index in [0.29, 0.717) is 29.0 Å². The van der Waals surface area contributed by atoms with E-state index in [1.165, 1.54) is 14.2 Å². The van der Waals surface area contributed by atoms with Gasteiger partial charge in [-0.25, -0.2) is 9.79 Å². The standard InChI is InChI=1S/C25H27N3O4S/c1-4-19-21(24(30)32-3)22(28-13-8-14-33-25(28)27-19)16-9-7-10-17(15-16)26-23(29)18-11-5-6-12-20(18)31-2/h5-7,9-12,15,22H,4,8,13-14H2,1-3H3,(H,26,29)/t22-/m0/s1. The van der Waals surface area contributed by atoms with Crippen LogP contribution in [0.15, 0.2) is 64.8 Å². The van der Waals surface area contributed by atoms with E-state index in [9.17, 15) is 9.59 Å². The molecule has 172 valence electrons. The summed E-state index contributed by atoms with van der Waals surface area (Å²) in [4.78, 5) is 32.7. The highest BCUT2D eigenvalue weighted by Gasteiger charge is 2.38. The number of methoxy groups -OCH3 is 2. The quantitative estimate of drug-likeness (QED) is 0.627. The third-order valence-corrected chi connectivity index (χ3v) is 6.78. The number of hydrogen-bond acceptors (Lipinski definition) is 7. The molecule has 0 bridgehead atoms. The number of aliphatic imine (C=N–C) groups is 1. The first-order valence-corrected chi connectivity index (χ1v) is 11.9. The largest absolute Gasteiger partial charge is 0.496 e. The number of nitrogens with zero attached hydrogens (tertiary/aromatic N) is 2. The Morgan fingerprint density at radius 2 is 2.00 bits per heavy atom. The fourth-order valence-electron chi connectivity index (χ4n) is 4.17. The highest BCUT2D eigenvalue weighted by Crippen LogP contribution is 2.41. The van der Waals surface area contributed by atoms with Crippen molar-refractivity contribution in [1.82, 2.24) is 4.90 Å². The normalized spacial score (nSPS) is 17.7. The van der Waals surface area contributed by atoms with Crippen molar-refractivity contribution in [3.8, 4) is 5.75 Å². The van der Waals surface area contributed by atoms with Gasteiger partial charge in [0.25, 0.3) is 5.91 Å². The maximum absolute atomic E-state index is 12.9. The van der Waals surface area contributed by atoms with Crippen LogP contribution in [0.25, 0.3) is 0 Å². The Kier molecular flexibility index (Phi) is 7.03. The number of ether oxygens (including phenoxy) is 2. The van der Waals surface area contributed by atoms with Gasteiger partial charge in [-0.15, -0.1) is 0 Å². The topological polar surface area (TPSA) is 80.2 Å².